The third kappa shape index (κ3) is 3.25. The van der Waals surface area contributed by atoms with Crippen LogP contribution in [-0.2, 0) is 0 Å². The van der Waals surface area contributed by atoms with Gasteiger partial charge in [0.05, 0.1) is 0 Å². The van der Waals surface area contributed by atoms with Crippen LogP contribution in [0.3, 0.4) is 0 Å². The molecule has 4 aromatic carbocycles. The number of esters is 1. The van der Waals surface area contributed by atoms with E-state index in [9.17, 15) is 24.9 Å². The Morgan fingerprint density at radius 2 is 1.48 bits per heavy atom. The van der Waals surface area contributed by atoms with E-state index in [4.69, 9.17) is 9.84 Å². The number of aromatic hydroxyl groups is 3. The predicted octanol–water partition coefficient (Wildman–Crippen LogP) is 4.03. The lowest BCUT2D eigenvalue weighted by Crippen LogP contribution is -2.09. The Morgan fingerprint density at radius 1 is 0.724 bits per heavy atom. The number of rotatable bonds is 3. The molecule has 0 spiro atoms. The van der Waals surface area contributed by atoms with Crippen molar-refractivity contribution in [3.8, 4) is 23.0 Å². The summed E-state index contributed by atoms with van der Waals surface area (Å²) in [5, 5.41) is 40.7. The van der Waals surface area contributed by atoms with Gasteiger partial charge in [-0.15, -0.1) is 0 Å². The number of phenols is 3. The molecule has 0 aliphatic rings. The maximum Gasteiger partial charge on any atom is 0.347 e. The highest BCUT2D eigenvalue weighted by Gasteiger charge is 2.19. The Labute approximate surface area is 163 Å². The van der Waals surface area contributed by atoms with Crippen LogP contribution in [0.15, 0.2) is 60.7 Å². The number of carbonyl (C=O) groups is 2. The molecule has 0 amide bonds. The summed E-state index contributed by atoms with van der Waals surface area (Å²) in [5.74, 6) is -2.56. The summed E-state index contributed by atoms with van der Waals surface area (Å²) in [6, 6.07) is 14.4. The molecule has 0 saturated carbocycles. The van der Waals surface area contributed by atoms with Crippen molar-refractivity contribution in [3.63, 3.8) is 0 Å². The van der Waals surface area contributed by atoms with Gasteiger partial charge < -0.3 is 25.2 Å². The van der Waals surface area contributed by atoms with Gasteiger partial charge >= 0.3 is 11.9 Å². The third-order valence-electron chi connectivity index (χ3n) is 4.55. The van der Waals surface area contributed by atoms with Gasteiger partial charge in [0, 0.05) is 5.39 Å². The topological polar surface area (TPSA) is 124 Å². The Kier molecular flexibility index (Phi) is 4.20. The number of carboxylic acid groups (broad SMARTS) is 1. The van der Waals surface area contributed by atoms with Crippen LogP contribution in [0, 0.1) is 0 Å². The van der Waals surface area contributed by atoms with E-state index in [-0.39, 0.29) is 34.1 Å². The summed E-state index contributed by atoms with van der Waals surface area (Å²) >= 11 is 0. The highest BCUT2D eigenvalue weighted by molar-refractivity contribution is 6.08. The van der Waals surface area contributed by atoms with E-state index in [0.717, 1.165) is 0 Å². The van der Waals surface area contributed by atoms with Gasteiger partial charge in [0.15, 0.2) is 0 Å². The lowest BCUT2D eigenvalue weighted by atomic mass is 10.0. The second-order valence-electron chi connectivity index (χ2n) is 6.44. The van der Waals surface area contributed by atoms with Crippen molar-refractivity contribution in [2.24, 2.45) is 0 Å². The van der Waals surface area contributed by atoms with Gasteiger partial charge in [-0.1, -0.05) is 12.1 Å². The molecule has 7 heteroatoms. The first-order valence-electron chi connectivity index (χ1n) is 8.50. The minimum Gasteiger partial charge on any atom is -0.508 e. The second-order valence-corrected chi connectivity index (χ2v) is 6.44. The molecule has 0 aliphatic heterocycles. The predicted molar refractivity (Wildman–Crippen MR) is 105 cm³/mol. The van der Waals surface area contributed by atoms with Crippen molar-refractivity contribution in [1.29, 1.82) is 0 Å². The zero-order valence-electron chi connectivity index (χ0n) is 14.8. The molecule has 4 N–H and O–H groups in total. The van der Waals surface area contributed by atoms with E-state index in [2.05, 4.69) is 0 Å². The first kappa shape index (κ1) is 18.1. The number of carboxylic acids is 1. The highest BCUT2D eigenvalue weighted by atomic mass is 16.5. The third-order valence-corrected chi connectivity index (χ3v) is 4.55. The molecule has 0 radical (unpaired) electrons. The average Bonchev–Trinajstić information content (AvgIpc) is 2.67. The number of ether oxygens (including phenoxy) is 1. The van der Waals surface area contributed by atoms with Gasteiger partial charge in [0.2, 0.25) is 0 Å². The number of benzene rings is 4. The standard InChI is InChI=1S/C22H14O7/c23-14-3-5-16-12(7-14)2-6-18(24)20(16)22(28)29-15-4-1-11-10-19(25)17(21(26)27)9-13(11)8-15/h1-10,23-25H,(H,26,27). The molecule has 0 aliphatic carbocycles. The fourth-order valence-corrected chi connectivity index (χ4v) is 3.18. The zero-order valence-corrected chi connectivity index (χ0v) is 14.8. The monoisotopic (exact) mass is 390 g/mol. The normalized spacial score (nSPS) is 10.9. The number of fused-ring (bicyclic) bond motifs is 2. The Bertz CT molecular complexity index is 1310. The van der Waals surface area contributed by atoms with Gasteiger partial charge in [-0.05, 0) is 64.7 Å². The molecule has 0 saturated heterocycles. The van der Waals surface area contributed by atoms with Gasteiger partial charge in [0.25, 0.3) is 0 Å². The van der Waals surface area contributed by atoms with Crippen LogP contribution < -0.4 is 4.74 Å². The van der Waals surface area contributed by atoms with E-state index in [1.54, 1.807) is 12.1 Å². The van der Waals surface area contributed by atoms with Gasteiger partial charge in [0.1, 0.15) is 34.1 Å². The van der Waals surface area contributed by atoms with Crippen LogP contribution in [0.1, 0.15) is 20.7 Å². The molecule has 0 bridgehead atoms. The molecule has 0 unspecified atom stereocenters. The van der Waals surface area contributed by atoms with Crippen molar-refractivity contribution < 1.29 is 34.8 Å². The quantitative estimate of drug-likeness (QED) is 0.307. The van der Waals surface area contributed by atoms with Crippen LogP contribution in [-0.4, -0.2) is 32.4 Å². The molecule has 4 rings (SSSR count). The van der Waals surface area contributed by atoms with Crippen LogP contribution >= 0.6 is 0 Å². The Morgan fingerprint density at radius 3 is 2.24 bits per heavy atom. The molecule has 144 valence electrons. The van der Waals surface area contributed by atoms with E-state index < -0.39 is 11.9 Å². The maximum atomic E-state index is 12.7. The summed E-state index contributed by atoms with van der Waals surface area (Å²) in [5.41, 5.74) is -0.327. The number of aromatic carboxylic acids is 1. The smallest absolute Gasteiger partial charge is 0.347 e. The molecule has 0 fully saturated rings. The van der Waals surface area contributed by atoms with Crippen molar-refractivity contribution in [1.82, 2.24) is 0 Å². The van der Waals surface area contributed by atoms with E-state index >= 15 is 0 Å². The van der Waals surface area contributed by atoms with Crippen LogP contribution in [0.4, 0.5) is 0 Å². The summed E-state index contributed by atoms with van der Waals surface area (Å²) in [4.78, 5) is 23.9. The minimum atomic E-state index is -1.28. The largest absolute Gasteiger partial charge is 0.508 e. The van der Waals surface area contributed by atoms with Crippen molar-refractivity contribution in [2.75, 3.05) is 0 Å². The maximum absolute atomic E-state index is 12.7. The highest BCUT2D eigenvalue weighted by Crippen LogP contribution is 2.32. The van der Waals surface area contributed by atoms with Crippen LogP contribution in [0.25, 0.3) is 21.5 Å². The first-order chi connectivity index (χ1) is 13.8. The average molecular weight is 390 g/mol. The molecular weight excluding hydrogens is 376 g/mol. The SMILES string of the molecule is O=C(O)c1cc2cc(OC(=O)c3c(O)ccc4cc(O)ccc34)ccc2cc1O. The fourth-order valence-electron chi connectivity index (χ4n) is 3.18. The number of hydrogen-bond acceptors (Lipinski definition) is 6. The van der Waals surface area contributed by atoms with E-state index in [1.807, 2.05) is 0 Å². The van der Waals surface area contributed by atoms with E-state index in [0.29, 0.717) is 21.5 Å². The number of carbonyl (C=O) groups excluding carboxylic acids is 1. The number of hydrogen-bond donors (Lipinski definition) is 4. The molecular formula is C22H14O7. The van der Waals surface area contributed by atoms with Crippen molar-refractivity contribution >= 4 is 33.5 Å². The summed E-state index contributed by atoms with van der Waals surface area (Å²) in [7, 11) is 0. The van der Waals surface area contributed by atoms with Gasteiger partial charge in [-0.2, -0.15) is 0 Å². The number of phenolic OH excluding ortho intramolecular Hbond substituents is 2. The summed E-state index contributed by atoms with van der Waals surface area (Å²) in [6.07, 6.45) is 0. The molecule has 29 heavy (non-hydrogen) atoms. The van der Waals surface area contributed by atoms with Gasteiger partial charge in [-0.3, -0.25) is 0 Å². The van der Waals surface area contributed by atoms with E-state index in [1.165, 1.54) is 48.5 Å². The summed E-state index contributed by atoms with van der Waals surface area (Å²) in [6.45, 7) is 0. The second kappa shape index (κ2) is 6.72. The fraction of sp³-hybridized carbons (Fsp3) is 0. The Balaban J connectivity index is 1.74. The summed E-state index contributed by atoms with van der Waals surface area (Å²) < 4.78 is 5.39. The molecule has 4 aromatic rings. The zero-order chi connectivity index (χ0) is 20.7. The van der Waals surface area contributed by atoms with Crippen molar-refractivity contribution in [3.05, 3.63) is 71.8 Å². The molecule has 7 nitrogen and oxygen atoms in total. The molecule has 0 heterocycles. The first-order valence-corrected chi connectivity index (χ1v) is 8.50. The lowest BCUT2D eigenvalue weighted by Gasteiger charge is -2.10. The minimum absolute atomic E-state index is 0.0227. The Hall–Kier alpha value is -4.26. The molecule has 0 aromatic heterocycles. The van der Waals surface area contributed by atoms with Crippen LogP contribution in [0.2, 0.25) is 0 Å². The van der Waals surface area contributed by atoms with Gasteiger partial charge in [-0.25, -0.2) is 9.59 Å². The van der Waals surface area contributed by atoms with Crippen LogP contribution in [0.5, 0.6) is 23.0 Å². The molecule has 0 atom stereocenters. The van der Waals surface area contributed by atoms with Crippen molar-refractivity contribution in [2.45, 2.75) is 0 Å². The lowest BCUT2D eigenvalue weighted by molar-refractivity contribution is 0.0691.